The Bertz CT molecular complexity index is 808. The minimum Gasteiger partial charge on any atom is -0.465 e. The highest BCUT2D eigenvalue weighted by Crippen LogP contribution is 2.74. The number of fused-ring (bicyclic) bond motifs is 10. The summed E-state index contributed by atoms with van der Waals surface area (Å²) in [6, 6.07) is 0. The van der Waals surface area contributed by atoms with Gasteiger partial charge in [-0.3, -0.25) is 9.59 Å². The lowest BCUT2D eigenvalue weighted by Crippen LogP contribution is -2.46. The Kier molecular flexibility index (Phi) is 3.69. The zero-order valence-corrected chi connectivity index (χ0v) is 19.3. The van der Waals surface area contributed by atoms with Crippen molar-refractivity contribution in [3.8, 4) is 0 Å². The fraction of sp³-hybridized carbons (Fsp3) is 0.923. The molecular weight excluding hydrogens is 376 g/mol. The number of hydrogen-bond donors (Lipinski definition) is 0. The maximum absolute atomic E-state index is 13.5. The third-order valence-corrected chi connectivity index (χ3v) is 10.6. The fourth-order valence-electron chi connectivity index (χ4n) is 9.54. The van der Waals surface area contributed by atoms with E-state index < -0.39 is 0 Å². The zero-order chi connectivity index (χ0) is 21.3. The Morgan fingerprint density at radius 3 is 2.47 bits per heavy atom. The monoisotopic (exact) mass is 414 g/mol. The summed E-state index contributed by atoms with van der Waals surface area (Å²) in [5.74, 6) is 3.87. The van der Waals surface area contributed by atoms with E-state index in [4.69, 9.17) is 9.47 Å². The average molecular weight is 415 g/mol. The second-order valence-electron chi connectivity index (χ2n) is 13.7. The van der Waals surface area contributed by atoms with Crippen LogP contribution in [0.5, 0.6) is 0 Å². The molecule has 4 heteroatoms. The molecule has 9 atom stereocenters. The number of cyclic esters (lactones) is 1. The van der Waals surface area contributed by atoms with E-state index in [9.17, 15) is 9.59 Å². The third kappa shape index (κ3) is 2.34. The van der Waals surface area contributed by atoms with Crippen molar-refractivity contribution in [2.75, 3.05) is 6.61 Å². The van der Waals surface area contributed by atoms with Crippen LogP contribution in [0.25, 0.3) is 0 Å². The first-order valence-electron chi connectivity index (χ1n) is 12.4. The molecule has 5 aliphatic carbocycles. The second kappa shape index (κ2) is 5.64. The molecule has 4 bridgehead atoms. The van der Waals surface area contributed by atoms with E-state index in [-0.39, 0.29) is 39.7 Å². The molecule has 1 spiro atoms. The highest BCUT2D eigenvalue weighted by molar-refractivity contribution is 5.82. The summed E-state index contributed by atoms with van der Waals surface area (Å²) in [7, 11) is 0. The lowest BCUT2D eigenvalue weighted by Gasteiger charge is -2.44. The number of esters is 2. The van der Waals surface area contributed by atoms with Gasteiger partial charge in [-0.15, -0.1) is 0 Å². The highest BCUT2D eigenvalue weighted by atomic mass is 16.5. The lowest BCUT2D eigenvalue weighted by molar-refractivity contribution is -0.165. The number of rotatable bonds is 3. The van der Waals surface area contributed by atoms with Crippen molar-refractivity contribution in [3.63, 3.8) is 0 Å². The number of ether oxygens (including phenoxy) is 2. The fourth-order valence-corrected chi connectivity index (χ4v) is 9.54. The van der Waals surface area contributed by atoms with Gasteiger partial charge in [-0.05, 0) is 91.3 Å². The molecule has 0 amide bonds. The van der Waals surface area contributed by atoms with Gasteiger partial charge in [0.25, 0.3) is 0 Å². The van der Waals surface area contributed by atoms with Gasteiger partial charge in [0.15, 0.2) is 0 Å². The maximum atomic E-state index is 13.5. The van der Waals surface area contributed by atoms with Crippen LogP contribution in [0.2, 0.25) is 0 Å². The zero-order valence-electron chi connectivity index (χ0n) is 19.3. The molecule has 0 aromatic carbocycles. The van der Waals surface area contributed by atoms with Crippen LogP contribution >= 0.6 is 0 Å². The highest BCUT2D eigenvalue weighted by Gasteiger charge is 2.73. The van der Waals surface area contributed by atoms with Gasteiger partial charge in [-0.2, -0.15) is 0 Å². The van der Waals surface area contributed by atoms with Gasteiger partial charge >= 0.3 is 11.9 Å². The van der Waals surface area contributed by atoms with E-state index in [1.165, 1.54) is 12.8 Å². The van der Waals surface area contributed by atoms with Crippen LogP contribution in [0, 0.1) is 57.2 Å². The Morgan fingerprint density at radius 2 is 1.87 bits per heavy atom. The maximum Gasteiger partial charge on any atom is 0.312 e. The summed E-state index contributed by atoms with van der Waals surface area (Å²) < 4.78 is 11.8. The predicted octanol–water partition coefficient (Wildman–Crippen LogP) is 5.00. The predicted molar refractivity (Wildman–Crippen MR) is 112 cm³/mol. The standard InChI is InChI=1S/C26H38O4/c1-23(2,3)12-26(13-24(26,4)5)22(28)30-18-10-14-8-16(18)19-15-9-17(20(14)19)25(11-15)6-7-29-21(25)27/h14-20H,6-13H2,1-5H3. The molecule has 1 heterocycles. The van der Waals surface area contributed by atoms with Crippen molar-refractivity contribution in [3.05, 3.63) is 0 Å². The van der Waals surface area contributed by atoms with Gasteiger partial charge in [0.2, 0.25) is 0 Å². The van der Waals surface area contributed by atoms with Crippen LogP contribution in [-0.4, -0.2) is 24.6 Å². The molecule has 4 nitrogen and oxygen atoms in total. The minimum atomic E-state index is -0.293. The SMILES string of the molecule is CC(C)(C)CC1(C(=O)OC2CC3CC2C2C4CC(C32)C2(CCOC2=O)C4)CC1(C)C. The first-order chi connectivity index (χ1) is 14.0. The van der Waals surface area contributed by atoms with Gasteiger partial charge in [0.05, 0.1) is 17.4 Å². The van der Waals surface area contributed by atoms with Crippen molar-refractivity contribution in [1.82, 2.24) is 0 Å². The Balaban J connectivity index is 1.19. The van der Waals surface area contributed by atoms with Gasteiger partial charge in [0.1, 0.15) is 6.10 Å². The molecule has 30 heavy (non-hydrogen) atoms. The Labute approximate surface area is 180 Å². The summed E-state index contributed by atoms with van der Waals surface area (Å²) in [5, 5.41) is 0. The van der Waals surface area contributed by atoms with E-state index in [1.54, 1.807) is 0 Å². The quantitative estimate of drug-likeness (QED) is 0.482. The average Bonchev–Trinajstić information content (AvgIpc) is 3.24. The third-order valence-electron chi connectivity index (χ3n) is 10.6. The van der Waals surface area contributed by atoms with Crippen molar-refractivity contribution in [1.29, 1.82) is 0 Å². The molecule has 1 saturated heterocycles. The second-order valence-corrected chi connectivity index (χ2v) is 13.7. The van der Waals surface area contributed by atoms with Crippen LogP contribution in [0.4, 0.5) is 0 Å². The number of carbonyl (C=O) groups is 2. The molecule has 5 saturated carbocycles. The van der Waals surface area contributed by atoms with E-state index in [2.05, 4.69) is 34.6 Å². The summed E-state index contributed by atoms with van der Waals surface area (Å²) >= 11 is 0. The summed E-state index contributed by atoms with van der Waals surface area (Å²) in [5.41, 5.74) is -0.267. The van der Waals surface area contributed by atoms with Crippen LogP contribution in [0.15, 0.2) is 0 Å². The van der Waals surface area contributed by atoms with E-state index in [0.29, 0.717) is 42.1 Å². The Hall–Kier alpha value is -1.06. The first-order valence-corrected chi connectivity index (χ1v) is 12.4. The largest absolute Gasteiger partial charge is 0.465 e. The topological polar surface area (TPSA) is 52.6 Å². The van der Waals surface area contributed by atoms with Crippen molar-refractivity contribution >= 4 is 11.9 Å². The van der Waals surface area contributed by atoms with Crippen LogP contribution in [0.3, 0.4) is 0 Å². The van der Waals surface area contributed by atoms with Gasteiger partial charge in [-0.25, -0.2) is 0 Å². The molecule has 0 aromatic heterocycles. The molecular formula is C26H38O4. The van der Waals surface area contributed by atoms with Gasteiger partial charge in [0, 0.05) is 0 Å². The summed E-state index contributed by atoms with van der Waals surface area (Å²) in [6.45, 7) is 11.8. The molecule has 0 N–H and O–H groups in total. The summed E-state index contributed by atoms with van der Waals surface area (Å²) in [6.07, 6.45) is 7.39. The van der Waals surface area contributed by atoms with Crippen molar-refractivity contribution in [2.24, 2.45) is 57.2 Å². The molecule has 6 aliphatic rings. The smallest absolute Gasteiger partial charge is 0.312 e. The molecule has 0 aromatic rings. The van der Waals surface area contributed by atoms with E-state index in [1.807, 2.05) is 0 Å². The first kappa shape index (κ1) is 19.6. The molecule has 1 aliphatic heterocycles. The number of carbonyl (C=O) groups excluding carboxylic acids is 2. The van der Waals surface area contributed by atoms with Gasteiger partial charge < -0.3 is 9.47 Å². The molecule has 6 fully saturated rings. The van der Waals surface area contributed by atoms with Crippen LogP contribution < -0.4 is 0 Å². The normalized spacial score (nSPS) is 52.0. The van der Waals surface area contributed by atoms with Crippen molar-refractivity contribution < 1.29 is 19.1 Å². The van der Waals surface area contributed by atoms with Crippen molar-refractivity contribution in [2.45, 2.75) is 85.7 Å². The van der Waals surface area contributed by atoms with E-state index in [0.717, 1.165) is 32.1 Å². The Morgan fingerprint density at radius 1 is 1.13 bits per heavy atom. The lowest BCUT2D eigenvalue weighted by atomic mass is 9.60. The number of hydrogen-bond acceptors (Lipinski definition) is 4. The van der Waals surface area contributed by atoms with Crippen LogP contribution in [-0.2, 0) is 19.1 Å². The molecule has 6 rings (SSSR count). The molecule has 9 unspecified atom stereocenters. The minimum absolute atomic E-state index is 0.0547. The van der Waals surface area contributed by atoms with E-state index >= 15 is 0 Å². The molecule has 166 valence electrons. The molecule has 0 radical (unpaired) electrons. The summed E-state index contributed by atoms with van der Waals surface area (Å²) in [4.78, 5) is 26.1. The van der Waals surface area contributed by atoms with Crippen LogP contribution in [0.1, 0.15) is 79.6 Å². The van der Waals surface area contributed by atoms with Gasteiger partial charge in [-0.1, -0.05) is 34.6 Å².